The predicted octanol–water partition coefficient (Wildman–Crippen LogP) is 0.273. The minimum absolute atomic E-state index is 0.245. The van der Waals surface area contributed by atoms with Crippen LogP contribution in [0.3, 0.4) is 0 Å². The van der Waals surface area contributed by atoms with E-state index < -0.39 is 0 Å². The zero-order valence-corrected chi connectivity index (χ0v) is 10.9. The average molecular weight is 239 g/mol. The molecule has 0 saturated carbocycles. The summed E-state index contributed by atoms with van der Waals surface area (Å²) in [5, 5.41) is 0. The number of nitrogens with two attached hydrogens (primary N) is 1. The van der Waals surface area contributed by atoms with Gasteiger partial charge in [-0.05, 0) is 32.7 Å². The molecular formula is C13H25N3O. The molecule has 3 unspecified atom stereocenters. The van der Waals surface area contributed by atoms with Crippen molar-refractivity contribution in [3.05, 3.63) is 0 Å². The van der Waals surface area contributed by atoms with E-state index in [9.17, 15) is 0 Å². The van der Waals surface area contributed by atoms with Crippen molar-refractivity contribution in [3.8, 4) is 0 Å². The summed E-state index contributed by atoms with van der Waals surface area (Å²) in [4.78, 5) is 5.30. The maximum Gasteiger partial charge on any atom is 0.0674 e. The van der Waals surface area contributed by atoms with Gasteiger partial charge in [0, 0.05) is 32.2 Å². The number of hydrogen-bond acceptors (Lipinski definition) is 4. The van der Waals surface area contributed by atoms with Crippen molar-refractivity contribution in [1.82, 2.24) is 9.80 Å². The minimum atomic E-state index is 0.245. The summed E-state index contributed by atoms with van der Waals surface area (Å²) in [6.45, 7) is 8.50. The van der Waals surface area contributed by atoms with E-state index in [1.807, 2.05) is 0 Å². The molecule has 3 aliphatic rings. The van der Waals surface area contributed by atoms with Gasteiger partial charge in [0.05, 0.1) is 18.2 Å². The summed E-state index contributed by atoms with van der Waals surface area (Å²) in [5.41, 5.74) is 6.44. The maximum atomic E-state index is 6.19. The van der Waals surface area contributed by atoms with E-state index in [4.69, 9.17) is 10.5 Å². The van der Waals surface area contributed by atoms with E-state index in [-0.39, 0.29) is 5.54 Å². The van der Waals surface area contributed by atoms with Gasteiger partial charge in [-0.25, -0.2) is 0 Å². The summed E-state index contributed by atoms with van der Waals surface area (Å²) in [7, 11) is 0. The topological polar surface area (TPSA) is 41.7 Å². The molecule has 3 saturated heterocycles. The first-order valence-electron chi connectivity index (χ1n) is 7.07. The van der Waals surface area contributed by atoms with E-state index in [2.05, 4.69) is 16.7 Å². The second kappa shape index (κ2) is 4.50. The molecule has 98 valence electrons. The molecule has 17 heavy (non-hydrogen) atoms. The lowest BCUT2D eigenvalue weighted by atomic mass is 9.86. The number of fused-ring (bicyclic) bond motifs is 1. The summed E-state index contributed by atoms with van der Waals surface area (Å²) in [6, 6.07) is 0.706. The first kappa shape index (κ1) is 11.9. The Bertz CT molecular complexity index is 286. The zero-order valence-electron chi connectivity index (χ0n) is 10.9. The molecule has 4 heteroatoms. The molecule has 0 radical (unpaired) electrons. The van der Waals surface area contributed by atoms with Gasteiger partial charge in [0.15, 0.2) is 0 Å². The summed E-state index contributed by atoms with van der Waals surface area (Å²) in [6.07, 6.45) is 4.30. The van der Waals surface area contributed by atoms with Crippen molar-refractivity contribution in [2.75, 3.05) is 39.3 Å². The van der Waals surface area contributed by atoms with Gasteiger partial charge in [-0.2, -0.15) is 0 Å². The van der Waals surface area contributed by atoms with Crippen molar-refractivity contribution in [2.24, 2.45) is 5.73 Å². The molecule has 0 aromatic rings. The van der Waals surface area contributed by atoms with E-state index in [0.29, 0.717) is 12.1 Å². The van der Waals surface area contributed by atoms with Gasteiger partial charge in [0.2, 0.25) is 0 Å². The highest BCUT2D eigenvalue weighted by Gasteiger charge is 2.52. The fourth-order valence-electron chi connectivity index (χ4n) is 4.17. The van der Waals surface area contributed by atoms with Crippen LogP contribution >= 0.6 is 0 Å². The Labute approximate surface area is 104 Å². The van der Waals surface area contributed by atoms with Crippen LogP contribution in [0, 0.1) is 0 Å². The first-order chi connectivity index (χ1) is 8.26. The SMILES string of the molecule is CC1CN(C2(CN)CCN3CCCC32)CCO1. The molecule has 3 atom stereocenters. The molecule has 0 aromatic heterocycles. The van der Waals surface area contributed by atoms with Crippen molar-refractivity contribution in [1.29, 1.82) is 0 Å². The molecule has 3 aliphatic heterocycles. The van der Waals surface area contributed by atoms with Crippen molar-refractivity contribution in [3.63, 3.8) is 0 Å². The first-order valence-corrected chi connectivity index (χ1v) is 7.07. The van der Waals surface area contributed by atoms with Gasteiger partial charge in [0.1, 0.15) is 0 Å². The Morgan fingerprint density at radius 2 is 2.24 bits per heavy atom. The highest BCUT2D eigenvalue weighted by atomic mass is 16.5. The number of rotatable bonds is 2. The molecule has 3 rings (SSSR count). The van der Waals surface area contributed by atoms with Crippen LogP contribution < -0.4 is 5.73 Å². The molecule has 0 spiro atoms. The quantitative estimate of drug-likeness (QED) is 0.751. The molecule has 0 bridgehead atoms. The third-order valence-corrected chi connectivity index (χ3v) is 5.04. The molecule has 3 heterocycles. The Balaban J connectivity index is 1.81. The summed E-state index contributed by atoms with van der Waals surface area (Å²) >= 11 is 0. The number of morpholine rings is 1. The third-order valence-electron chi connectivity index (χ3n) is 5.04. The fourth-order valence-corrected chi connectivity index (χ4v) is 4.17. The third kappa shape index (κ3) is 1.82. The molecule has 4 nitrogen and oxygen atoms in total. The lowest BCUT2D eigenvalue weighted by molar-refractivity contribution is -0.0670. The van der Waals surface area contributed by atoms with Crippen molar-refractivity contribution >= 4 is 0 Å². The monoisotopic (exact) mass is 239 g/mol. The Hall–Kier alpha value is -0.160. The van der Waals surface area contributed by atoms with E-state index >= 15 is 0 Å². The average Bonchev–Trinajstić information content (AvgIpc) is 2.90. The van der Waals surface area contributed by atoms with Gasteiger partial charge in [0.25, 0.3) is 0 Å². The second-order valence-corrected chi connectivity index (χ2v) is 5.88. The molecule has 0 amide bonds. The number of nitrogens with zero attached hydrogens (tertiary/aromatic N) is 2. The molecule has 0 aromatic carbocycles. The second-order valence-electron chi connectivity index (χ2n) is 5.88. The lowest BCUT2D eigenvalue weighted by Crippen LogP contribution is -2.63. The minimum Gasteiger partial charge on any atom is -0.376 e. The van der Waals surface area contributed by atoms with Gasteiger partial charge in [-0.15, -0.1) is 0 Å². The predicted molar refractivity (Wildman–Crippen MR) is 68.0 cm³/mol. The number of hydrogen-bond donors (Lipinski definition) is 1. The molecular weight excluding hydrogens is 214 g/mol. The van der Waals surface area contributed by atoms with Gasteiger partial charge >= 0.3 is 0 Å². The molecule has 0 aliphatic carbocycles. The highest BCUT2D eigenvalue weighted by molar-refractivity contribution is 5.10. The van der Waals surface area contributed by atoms with E-state index in [1.54, 1.807) is 0 Å². The van der Waals surface area contributed by atoms with E-state index in [1.165, 1.54) is 32.4 Å². The number of ether oxygens (including phenoxy) is 1. The van der Waals surface area contributed by atoms with E-state index in [0.717, 1.165) is 26.2 Å². The van der Waals surface area contributed by atoms with Gasteiger partial charge in [-0.3, -0.25) is 9.80 Å². The van der Waals surface area contributed by atoms with Crippen LogP contribution in [0.5, 0.6) is 0 Å². The van der Waals surface area contributed by atoms with Crippen LogP contribution in [-0.2, 0) is 4.74 Å². The standard InChI is InChI=1S/C13H25N3O/c1-11-9-16(7-8-17-11)13(10-14)4-6-15-5-2-3-12(13)15/h11-12H,2-10,14H2,1H3. The normalized spacial score (nSPS) is 44.1. The van der Waals surface area contributed by atoms with Crippen LogP contribution in [0.4, 0.5) is 0 Å². The van der Waals surface area contributed by atoms with Crippen LogP contribution in [0.15, 0.2) is 0 Å². The Kier molecular flexibility index (Phi) is 3.15. The molecule has 3 fully saturated rings. The van der Waals surface area contributed by atoms with Gasteiger partial charge in [-0.1, -0.05) is 0 Å². The van der Waals surface area contributed by atoms with Crippen molar-refractivity contribution in [2.45, 2.75) is 43.9 Å². The van der Waals surface area contributed by atoms with Crippen LogP contribution in [0.25, 0.3) is 0 Å². The Morgan fingerprint density at radius 1 is 1.35 bits per heavy atom. The lowest BCUT2D eigenvalue weighted by Gasteiger charge is -2.47. The summed E-state index contributed by atoms with van der Waals surface area (Å²) in [5.74, 6) is 0. The zero-order chi connectivity index (χ0) is 11.9. The van der Waals surface area contributed by atoms with Gasteiger partial charge < -0.3 is 10.5 Å². The smallest absolute Gasteiger partial charge is 0.0674 e. The van der Waals surface area contributed by atoms with Crippen LogP contribution in [-0.4, -0.2) is 66.8 Å². The highest BCUT2D eigenvalue weighted by Crippen LogP contribution is 2.40. The van der Waals surface area contributed by atoms with Crippen LogP contribution in [0.2, 0.25) is 0 Å². The largest absolute Gasteiger partial charge is 0.376 e. The van der Waals surface area contributed by atoms with Crippen LogP contribution in [0.1, 0.15) is 26.2 Å². The fraction of sp³-hybridized carbons (Fsp3) is 1.00. The summed E-state index contributed by atoms with van der Waals surface area (Å²) < 4.78 is 5.67. The van der Waals surface area contributed by atoms with Crippen molar-refractivity contribution < 1.29 is 4.74 Å². The Morgan fingerprint density at radius 3 is 3.00 bits per heavy atom. The molecule has 2 N–H and O–H groups in total. The maximum absolute atomic E-state index is 6.19.